The summed E-state index contributed by atoms with van der Waals surface area (Å²) in [5.74, 6) is 0. The zero-order valence-electron chi connectivity index (χ0n) is 35.5. The van der Waals surface area contributed by atoms with E-state index in [2.05, 4.69) is 142 Å². The fourth-order valence-electron chi connectivity index (χ4n) is 6.06. The zero-order chi connectivity index (χ0) is 39.4. The Bertz CT molecular complexity index is 1200. The van der Waals surface area contributed by atoms with Gasteiger partial charge in [0.25, 0.3) is 6.48 Å². The molecular weight excluding hydrogens is 806 g/mol. The third-order valence-electron chi connectivity index (χ3n) is 9.75. The average Bonchev–Trinajstić information content (AvgIpc) is 3.03. The molecule has 1 aliphatic rings. The largest absolute Gasteiger partial charge is 3.00 e. The Labute approximate surface area is 361 Å². The molecule has 13 heteroatoms. The van der Waals surface area contributed by atoms with E-state index in [1.54, 1.807) is 6.92 Å². The molecule has 0 unspecified atom stereocenters. The first-order chi connectivity index (χ1) is 24.1. The summed E-state index contributed by atoms with van der Waals surface area (Å²) in [5.41, 5.74) is 8.01. The second kappa shape index (κ2) is 25.1. The Morgan fingerprint density at radius 3 is 0.926 bits per heavy atom. The Morgan fingerprint density at radius 2 is 0.759 bits per heavy atom. The number of likely N-dealkylation sites (N-methyl/N-ethyl adjacent to an activating group) is 6. The van der Waals surface area contributed by atoms with E-state index in [0.717, 1.165) is 88.3 Å². The molecule has 0 fully saturated rings. The molecule has 0 amide bonds. The smallest absolute Gasteiger partial charge is 0.779 e. The molecule has 3 rings (SSSR count). The molecule has 2 aromatic carbocycles. The van der Waals surface area contributed by atoms with Gasteiger partial charge in [-0.1, -0.05) is 88.1 Å². The summed E-state index contributed by atoms with van der Waals surface area (Å²) in [4.78, 5) is 16.7. The minimum Gasteiger partial charge on any atom is -0.779 e. The third-order valence-corrected chi connectivity index (χ3v) is 10.8. The predicted molar refractivity (Wildman–Crippen MR) is 222 cm³/mol. The van der Waals surface area contributed by atoms with E-state index < -0.39 is 6.48 Å². The molecule has 1 heterocycles. The Hall–Kier alpha value is -0.467. The van der Waals surface area contributed by atoms with Crippen molar-refractivity contribution in [3.05, 3.63) is 57.6 Å². The summed E-state index contributed by atoms with van der Waals surface area (Å²) in [5, 5.41) is 15.8. The fraction of sp³-hybridized carbons (Fsp3) is 0.707. The molecule has 0 aromatic heterocycles. The molecule has 4 bridgehead atoms. The van der Waals surface area contributed by atoms with Gasteiger partial charge in [0, 0.05) is 102 Å². The van der Waals surface area contributed by atoms with Crippen molar-refractivity contribution in [1.29, 1.82) is 0 Å². The van der Waals surface area contributed by atoms with Crippen molar-refractivity contribution < 1.29 is 48.5 Å². The van der Waals surface area contributed by atoms with Gasteiger partial charge in [0.05, 0.1) is 0 Å². The first-order valence-corrected chi connectivity index (χ1v) is 19.7. The molecule has 9 nitrogen and oxygen atoms in total. The van der Waals surface area contributed by atoms with Crippen LogP contribution < -0.4 is 0 Å². The molecular formula is C41H72Co2N6O3S2+. The molecule has 1 aliphatic heterocycles. The van der Waals surface area contributed by atoms with Crippen molar-refractivity contribution >= 4 is 25.3 Å². The van der Waals surface area contributed by atoms with E-state index in [1.807, 2.05) is 0 Å². The third kappa shape index (κ3) is 19.3. The van der Waals surface area contributed by atoms with Gasteiger partial charge in [-0.2, -0.15) is 9.79 Å². The molecule has 0 saturated heterocycles. The molecule has 2 aromatic rings. The van der Waals surface area contributed by atoms with Crippen LogP contribution in [0.2, 0.25) is 0 Å². The Morgan fingerprint density at radius 1 is 0.537 bits per heavy atom. The van der Waals surface area contributed by atoms with Crippen molar-refractivity contribution in [1.82, 2.24) is 29.4 Å². The maximum atomic E-state index is 7.89. The fourth-order valence-corrected chi connectivity index (χ4v) is 6.56. The Balaban J connectivity index is 0.00000324. The van der Waals surface area contributed by atoms with E-state index in [-0.39, 0.29) is 44.4 Å². The van der Waals surface area contributed by atoms with E-state index in [4.69, 9.17) is 35.5 Å². The number of hydrogen-bond acceptors (Lipinski definition) is 11. The van der Waals surface area contributed by atoms with Gasteiger partial charge in [0.15, 0.2) is 0 Å². The van der Waals surface area contributed by atoms with E-state index in [0.29, 0.717) is 6.61 Å². The van der Waals surface area contributed by atoms with Gasteiger partial charge in [-0.05, 0) is 71.2 Å². The van der Waals surface area contributed by atoms with Crippen LogP contribution in [0.5, 0.6) is 0 Å². The number of fused-ring (bicyclic) bond motifs is 4. The normalized spacial score (nSPS) is 18.2. The predicted octanol–water partition coefficient (Wildman–Crippen LogP) is 4.68. The topological polar surface area (TPSA) is 69.1 Å². The molecule has 0 saturated carbocycles. The number of aliphatic hydroxyl groups excluding tert-OH is 1. The number of aliphatic hydroxyl groups is 2. The van der Waals surface area contributed by atoms with Crippen LogP contribution in [0.15, 0.2) is 34.1 Å². The van der Waals surface area contributed by atoms with Crippen LogP contribution in [0, 0.1) is 0 Å². The van der Waals surface area contributed by atoms with Crippen LogP contribution in [0.25, 0.3) is 0 Å². The van der Waals surface area contributed by atoms with Crippen molar-refractivity contribution in [2.75, 3.05) is 101 Å². The minimum atomic E-state index is -1.60. The van der Waals surface area contributed by atoms with Crippen LogP contribution in [-0.2, 0) is 101 Å². The summed E-state index contributed by atoms with van der Waals surface area (Å²) in [6, 6.07) is 9.46. The molecule has 1 radical (unpaired) electrons. The zero-order valence-corrected chi connectivity index (χ0v) is 39.3. The first-order valence-electron chi connectivity index (χ1n) is 18.9. The van der Waals surface area contributed by atoms with E-state index >= 15 is 0 Å². The second-order valence-electron chi connectivity index (χ2n) is 17.1. The number of rotatable bonds is 2. The number of hydrogen-bond donors (Lipinski definition) is 2. The van der Waals surface area contributed by atoms with Crippen LogP contribution in [0.4, 0.5) is 0 Å². The van der Waals surface area contributed by atoms with Crippen molar-refractivity contribution in [3.63, 3.8) is 0 Å². The minimum absolute atomic E-state index is 0. The van der Waals surface area contributed by atoms with Gasteiger partial charge < -0.3 is 69.6 Å². The molecule has 54 heavy (non-hydrogen) atoms. The molecule has 0 aliphatic carbocycles. The number of nitrogens with zero attached hydrogens (tertiary/aromatic N) is 6. The first kappa shape index (κ1) is 53.5. The quantitative estimate of drug-likeness (QED) is 0.327. The van der Waals surface area contributed by atoms with Gasteiger partial charge >= 0.3 is 16.8 Å². The molecule has 2 N–H and O–H groups in total. The van der Waals surface area contributed by atoms with Crippen LogP contribution in [0.1, 0.15) is 81.8 Å². The van der Waals surface area contributed by atoms with Crippen LogP contribution in [0.3, 0.4) is 0 Å². The number of ether oxygens (including phenoxy) is 1. The van der Waals surface area contributed by atoms with Crippen LogP contribution in [-0.4, -0.2) is 147 Å². The van der Waals surface area contributed by atoms with Gasteiger partial charge in [-0.25, -0.2) is 0 Å². The van der Waals surface area contributed by atoms with Gasteiger partial charge in [0.2, 0.25) is 0 Å². The molecule has 0 spiro atoms. The maximum absolute atomic E-state index is 7.89. The second-order valence-corrected chi connectivity index (χ2v) is 17.9. The van der Waals surface area contributed by atoms with Gasteiger partial charge in [-0.3, -0.25) is 0 Å². The Kier molecular flexibility index (Phi) is 24.9. The van der Waals surface area contributed by atoms with E-state index in [1.165, 1.54) is 33.4 Å². The average molecular weight is 879 g/mol. The SMILES string of the molecule is CCOC(O)O.CN1CCN(C)Cc2cc(C(C)(C)C)cc(c2[S-])CN(C)CCN(C)CCN(C)Cc2cc(C(C)(C)C)cc(c2[S-])CN(C)CC1.[Co+3].[Co]. The monoisotopic (exact) mass is 878 g/mol. The van der Waals surface area contributed by atoms with Crippen molar-refractivity contribution in [2.24, 2.45) is 0 Å². The van der Waals surface area contributed by atoms with Crippen LogP contribution >= 0.6 is 0 Å². The summed E-state index contributed by atoms with van der Waals surface area (Å²) >= 11 is 12.3. The summed E-state index contributed by atoms with van der Waals surface area (Å²) < 4.78 is 4.15. The summed E-state index contributed by atoms with van der Waals surface area (Å²) in [6.45, 7) is 25.8. The number of benzene rings is 2. The molecule has 0 atom stereocenters. The summed E-state index contributed by atoms with van der Waals surface area (Å²) in [7, 11) is 13.4. The van der Waals surface area contributed by atoms with E-state index in [9.17, 15) is 0 Å². The van der Waals surface area contributed by atoms with Crippen molar-refractivity contribution in [3.8, 4) is 0 Å². The molecule has 313 valence electrons. The van der Waals surface area contributed by atoms with Crippen molar-refractivity contribution in [2.45, 2.75) is 102 Å². The van der Waals surface area contributed by atoms with Gasteiger partial charge in [0.1, 0.15) is 0 Å². The standard InChI is InChI=1S/C38H66N6S2.C3H8O3.2Co/c1-37(2,3)33-21-29-25-41(9)17-13-39(7)15-19-43(11)27-31-23-34(38(4,5)6)24-32(36(31)46)28-44(12)20-16-40(8)14-18-42(10)26-30(22-33)35(29)45;1-2-6-3(4)5;;/h21-24,45-46H,13-20,25-28H2,1-12H3;3-5H,2H2,1H3;;/q;;;+3/p-2. The summed E-state index contributed by atoms with van der Waals surface area (Å²) in [6.07, 6.45) is 0. The van der Waals surface area contributed by atoms with Gasteiger partial charge in [-0.15, -0.1) is 0 Å². The maximum Gasteiger partial charge on any atom is 3.00 e.